The fraction of sp³-hybridized carbons (Fsp3) is 0.130. The normalized spacial score (nSPS) is 11.2. The molecule has 32 heavy (non-hydrogen) atoms. The maximum absolute atomic E-state index is 13.4. The molecule has 9 heteroatoms. The molecule has 5 aromatic rings. The molecule has 1 aromatic carbocycles. The van der Waals surface area contributed by atoms with Gasteiger partial charge >= 0.3 is 0 Å². The quantitative estimate of drug-likeness (QED) is 0.163. The first kappa shape index (κ1) is 20.9. The van der Waals surface area contributed by atoms with Crippen LogP contribution in [0, 0.1) is 0 Å². The van der Waals surface area contributed by atoms with E-state index in [4.69, 9.17) is 9.40 Å². The van der Waals surface area contributed by atoms with Crippen molar-refractivity contribution in [2.45, 2.75) is 23.9 Å². The molecule has 0 aliphatic rings. The maximum atomic E-state index is 13.4. The summed E-state index contributed by atoms with van der Waals surface area (Å²) in [7, 11) is 0. The highest BCUT2D eigenvalue weighted by atomic mass is 32.2. The van der Waals surface area contributed by atoms with Gasteiger partial charge in [0.05, 0.1) is 17.6 Å². The largest absolute Gasteiger partial charge is 0.424 e. The van der Waals surface area contributed by atoms with E-state index in [1.165, 1.54) is 23.1 Å². The molecule has 5 rings (SSSR count). The van der Waals surface area contributed by atoms with Gasteiger partial charge in [-0.05, 0) is 17.0 Å². The van der Waals surface area contributed by atoms with Gasteiger partial charge in [0.1, 0.15) is 4.83 Å². The molecular weight excluding hydrogens is 460 g/mol. The van der Waals surface area contributed by atoms with Gasteiger partial charge in [-0.1, -0.05) is 54.2 Å². The van der Waals surface area contributed by atoms with Crippen molar-refractivity contribution in [2.75, 3.05) is 0 Å². The van der Waals surface area contributed by atoms with Gasteiger partial charge in [-0.3, -0.25) is 9.36 Å². The Balaban J connectivity index is 1.41. The first-order valence-corrected chi connectivity index (χ1v) is 12.6. The molecule has 0 radical (unpaired) electrons. The third-order valence-corrected chi connectivity index (χ3v) is 7.53. The number of rotatable bonds is 8. The van der Waals surface area contributed by atoms with Crippen LogP contribution in [0.2, 0.25) is 0 Å². The molecule has 0 unspecified atom stereocenters. The number of nitrogens with zero attached hydrogens (tertiary/aromatic N) is 4. The van der Waals surface area contributed by atoms with E-state index in [0.717, 1.165) is 20.8 Å². The van der Waals surface area contributed by atoms with E-state index in [0.29, 0.717) is 41.0 Å². The van der Waals surface area contributed by atoms with Crippen LogP contribution in [0.5, 0.6) is 0 Å². The molecule has 0 aliphatic heterocycles. The van der Waals surface area contributed by atoms with Gasteiger partial charge < -0.3 is 4.42 Å². The monoisotopic (exact) mass is 478 g/mol. The van der Waals surface area contributed by atoms with Crippen molar-refractivity contribution < 1.29 is 4.42 Å². The highest BCUT2D eigenvalue weighted by Crippen LogP contribution is 2.35. The second-order valence-electron chi connectivity index (χ2n) is 6.95. The first-order valence-electron chi connectivity index (χ1n) is 9.87. The highest BCUT2D eigenvalue weighted by molar-refractivity contribution is 7.98. The van der Waals surface area contributed by atoms with Gasteiger partial charge in [-0.25, -0.2) is 4.98 Å². The Morgan fingerprint density at radius 2 is 1.94 bits per heavy atom. The molecule has 6 nitrogen and oxygen atoms in total. The van der Waals surface area contributed by atoms with Crippen molar-refractivity contribution in [1.82, 2.24) is 19.7 Å². The molecule has 0 N–H and O–H groups in total. The van der Waals surface area contributed by atoms with E-state index in [2.05, 4.69) is 16.8 Å². The summed E-state index contributed by atoms with van der Waals surface area (Å²) in [4.78, 5) is 19.9. The molecule has 0 fully saturated rings. The molecule has 0 aliphatic carbocycles. The molecule has 4 heterocycles. The van der Waals surface area contributed by atoms with Crippen molar-refractivity contribution in [3.05, 3.63) is 93.6 Å². The van der Waals surface area contributed by atoms with Gasteiger partial charge in [-0.15, -0.1) is 39.4 Å². The van der Waals surface area contributed by atoms with Crippen LogP contribution < -0.4 is 5.56 Å². The summed E-state index contributed by atoms with van der Waals surface area (Å²) in [6.45, 7) is 4.19. The third kappa shape index (κ3) is 4.19. The smallest absolute Gasteiger partial charge is 0.263 e. The number of fused-ring (bicyclic) bond motifs is 1. The van der Waals surface area contributed by atoms with Crippen LogP contribution >= 0.6 is 34.4 Å². The minimum atomic E-state index is -0.0580. The third-order valence-electron chi connectivity index (χ3n) is 4.79. The molecule has 0 spiro atoms. The Hall–Kier alpha value is -3.01. The van der Waals surface area contributed by atoms with Gasteiger partial charge in [0.15, 0.2) is 5.16 Å². The first-order chi connectivity index (χ1) is 15.7. The molecule has 4 aromatic heterocycles. The van der Waals surface area contributed by atoms with Gasteiger partial charge in [0, 0.05) is 22.4 Å². The lowest BCUT2D eigenvalue weighted by molar-refractivity contribution is 0.473. The Morgan fingerprint density at radius 1 is 1.09 bits per heavy atom. The van der Waals surface area contributed by atoms with Crippen molar-refractivity contribution in [3.63, 3.8) is 0 Å². The summed E-state index contributed by atoms with van der Waals surface area (Å²) in [6.07, 6.45) is 2.30. The standard InChI is InChI=1S/C23H18N4O2S3/c1-2-10-27-22(28)20-16(17-9-6-11-30-17)13-31-21(20)24-23(27)32-14-19-26-25-18(29-19)12-15-7-4-3-5-8-15/h2-9,11,13H,1,10,12,14H2. The topological polar surface area (TPSA) is 73.8 Å². The lowest BCUT2D eigenvalue weighted by Crippen LogP contribution is -2.22. The second kappa shape index (κ2) is 9.23. The van der Waals surface area contributed by atoms with E-state index in [1.54, 1.807) is 22.0 Å². The van der Waals surface area contributed by atoms with E-state index in [1.807, 2.05) is 53.2 Å². The zero-order valence-corrected chi connectivity index (χ0v) is 19.4. The molecule has 0 saturated heterocycles. The van der Waals surface area contributed by atoms with E-state index >= 15 is 0 Å². The number of hydrogen-bond acceptors (Lipinski definition) is 8. The van der Waals surface area contributed by atoms with Crippen LogP contribution in [0.1, 0.15) is 17.3 Å². The van der Waals surface area contributed by atoms with Gasteiger partial charge in [0.25, 0.3) is 5.56 Å². The SMILES string of the molecule is C=CCn1c(SCc2nnc(Cc3ccccc3)o2)nc2scc(-c3cccs3)c2c1=O. The number of allylic oxidation sites excluding steroid dienone is 1. The number of aromatic nitrogens is 4. The number of thioether (sulfide) groups is 1. The van der Waals surface area contributed by atoms with Crippen LogP contribution in [-0.4, -0.2) is 19.7 Å². The van der Waals surface area contributed by atoms with E-state index in [-0.39, 0.29) is 5.56 Å². The van der Waals surface area contributed by atoms with Crippen LogP contribution in [0.25, 0.3) is 20.7 Å². The Labute approximate surface area is 196 Å². The van der Waals surface area contributed by atoms with Crippen LogP contribution in [0.15, 0.2) is 80.2 Å². The summed E-state index contributed by atoms with van der Waals surface area (Å²) in [5, 5.41) is 13.6. The number of benzene rings is 1. The van der Waals surface area contributed by atoms with Crippen LogP contribution in [-0.2, 0) is 18.7 Å². The van der Waals surface area contributed by atoms with Crippen molar-refractivity contribution in [1.29, 1.82) is 0 Å². The lowest BCUT2D eigenvalue weighted by Gasteiger charge is -2.09. The fourth-order valence-electron chi connectivity index (χ4n) is 3.33. The predicted octanol–water partition coefficient (Wildman–Crippen LogP) is 5.64. The summed E-state index contributed by atoms with van der Waals surface area (Å²) in [5.41, 5.74) is 1.99. The van der Waals surface area contributed by atoms with Crippen LogP contribution in [0.4, 0.5) is 0 Å². The average Bonchev–Trinajstić information content (AvgIpc) is 3.56. The zero-order valence-electron chi connectivity index (χ0n) is 16.9. The van der Waals surface area contributed by atoms with Gasteiger partial charge in [-0.2, -0.15) is 0 Å². The molecule has 0 saturated carbocycles. The average molecular weight is 479 g/mol. The second-order valence-corrected chi connectivity index (χ2v) is 9.69. The number of hydrogen-bond donors (Lipinski definition) is 0. The molecular formula is C23H18N4O2S3. The Morgan fingerprint density at radius 3 is 2.72 bits per heavy atom. The van der Waals surface area contributed by atoms with Crippen molar-refractivity contribution in [2.24, 2.45) is 0 Å². The Bertz CT molecular complexity index is 1420. The van der Waals surface area contributed by atoms with Crippen molar-refractivity contribution in [3.8, 4) is 10.4 Å². The van der Waals surface area contributed by atoms with Gasteiger partial charge in [0.2, 0.25) is 11.8 Å². The van der Waals surface area contributed by atoms with Crippen LogP contribution in [0.3, 0.4) is 0 Å². The fourth-order valence-corrected chi connectivity index (χ4v) is 5.98. The minimum absolute atomic E-state index is 0.0580. The molecule has 160 valence electrons. The Kier molecular flexibility index (Phi) is 6.02. The van der Waals surface area contributed by atoms with E-state index < -0.39 is 0 Å². The zero-order chi connectivity index (χ0) is 21.9. The van der Waals surface area contributed by atoms with Crippen molar-refractivity contribution >= 4 is 44.7 Å². The predicted molar refractivity (Wildman–Crippen MR) is 130 cm³/mol. The summed E-state index contributed by atoms with van der Waals surface area (Å²) in [5.74, 6) is 1.50. The van der Waals surface area contributed by atoms with E-state index in [9.17, 15) is 4.79 Å². The highest BCUT2D eigenvalue weighted by Gasteiger charge is 2.18. The summed E-state index contributed by atoms with van der Waals surface area (Å²) < 4.78 is 7.46. The molecule has 0 amide bonds. The number of thiophene rings is 2. The summed E-state index contributed by atoms with van der Waals surface area (Å²) >= 11 is 4.51. The molecule has 0 bridgehead atoms. The maximum Gasteiger partial charge on any atom is 0.263 e. The molecule has 0 atom stereocenters. The summed E-state index contributed by atoms with van der Waals surface area (Å²) in [6, 6.07) is 14.0. The lowest BCUT2D eigenvalue weighted by atomic mass is 10.2. The minimum Gasteiger partial charge on any atom is -0.424 e.